The lowest BCUT2D eigenvalue weighted by Crippen LogP contribution is -2.30. The van der Waals surface area contributed by atoms with E-state index in [-0.39, 0.29) is 11.9 Å². The minimum Gasteiger partial charge on any atom is -0.382 e. The number of nitrogens with zero attached hydrogens (tertiary/aromatic N) is 1. The van der Waals surface area contributed by atoms with Crippen molar-refractivity contribution in [3.8, 4) is 0 Å². The molecule has 1 saturated heterocycles. The number of carbonyl (C=O) groups is 1. The maximum Gasteiger partial charge on any atom is 0.251 e. The topological polar surface area (TPSA) is 44.4 Å². The molecule has 1 heterocycles. The monoisotopic (exact) mass is 289 g/mol. The van der Waals surface area contributed by atoms with E-state index in [0.29, 0.717) is 6.04 Å². The van der Waals surface area contributed by atoms with Crippen molar-refractivity contribution in [3.05, 3.63) is 29.8 Å². The van der Waals surface area contributed by atoms with Gasteiger partial charge in [0.2, 0.25) is 0 Å². The first-order chi connectivity index (χ1) is 10.0. The van der Waals surface area contributed by atoms with Crippen LogP contribution >= 0.6 is 0 Å². The van der Waals surface area contributed by atoms with Gasteiger partial charge in [-0.2, -0.15) is 0 Å². The highest BCUT2D eigenvalue weighted by Crippen LogP contribution is 2.17. The van der Waals surface area contributed by atoms with Gasteiger partial charge in [-0.15, -0.1) is 0 Å². The molecule has 1 amide bonds. The summed E-state index contributed by atoms with van der Waals surface area (Å²) in [6.07, 6.45) is 3.56. The predicted molar refractivity (Wildman–Crippen MR) is 87.8 cm³/mol. The van der Waals surface area contributed by atoms with Crippen LogP contribution in [0.25, 0.3) is 0 Å². The molecule has 1 aromatic carbocycles. The Morgan fingerprint density at radius 1 is 1.29 bits per heavy atom. The van der Waals surface area contributed by atoms with E-state index in [0.717, 1.165) is 24.2 Å². The Morgan fingerprint density at radius 3 is 2.86 bits per heavy atom. The summed E-state index contributed by atoms with van der Waals surface area (Å²) < 4.78 is 0. The minimum absolute atomic E-state index is 0.00532. The molecule has 0 bridgehead atoms. The zero-order valence-electron chi connectivity index (χ0n) is 13.4. The predicted octanol–water partition coefficient (Wildman–Crippen LogP) is 2.72. The largest absolute Gasteiger partial charge is 0.382 e. The molecule has 1 unspecified atom stereocenters. The lowest BCUT2D eigenvalue weighted by molar-refractivity contribution is 0.0943. The van der Waals surface area contributed by atoms with Crippen LogP contribution in [0.5, 0.6) is 0 Å². The fraction of sp³-hybridized carbons (Fsp3) is 0.588. The van der Waals surface area contributed by atoms with Gasteiger partial charge in [-0.3, -0.25) is 4.79 Å². The van der Waals surface area contributed by atoms with Gasteiger partial charge in [-0.1, -0.05) is 6.07 Å². The number of rotatable bonds is 4. The number of amides is 1. The Bertz CT molecular complexity index is 473. The third-order valence-electron chi connectivity index (χ3n) is 3.87. The van der Waals surface area contributed by atoms with Gasteiger partial charge in [0.1, 0.15) is 0 Å². The first-order valence-electron chi connectivity index (χ1n) is 7.90. The van der Waals surface area contributed by atoms with E-state index in [4.69, 9.17) is 0 Å². The average Bonchev–Trinajstić information content (AvgIpc) is 2.63. The van der Waals surface area contributed by atoms with Crippen LogP contribution in [-0.4, -0.2) is 43.0 Å². The zero-order chi connectivity index (χ0) is 15.2. The molecule has 2 N–H and O–H groups in total. The van der Waals surface area contributed by atoms with E-state index in [1.165, 1.54) is 19.4 Å². The molecule has 116 valence electrons. The molecule has 2 rings (SSSR count). The second kappa shape index (κ2) is 7.46. The normalized spacial score (nSPS) is 20.1. The molecule has 0 saturated carbocycles. The minimum atomic E-state index is -0.00532. The molecular formula is C17H27N3O. The van der Waals surface area contributed by atoms with E-state index in [9.17, 15) is 4.79 Å². The highest BCUT2D eigenvalue weighted by molar-refractivity contribution is 5.95. The summed E-state index contributed by atoms with van der Waals surface area (Å²) in [6, 6.07) is 8.46. The van der Waals surface area contributed by atoms with Crippen LogP contribution in [0.15, 0.2) is 24.3 Å². The summed E-state index contributed by atoms with van der Waals surface area (Å²) in [4.78, 5) is 14.4. The van der Waals surface area contributed by atoms with Crippen LogP contribution in [-0.2, 0) is 0 Å². The van der Waals surface area contributed by atoms with Crippen molar-refractivity contribution in [2.24, 2.45) is 0 Å². The third-order valence-corrected chi connectivity index (χ3v) is 3.87. The van der Waals surface area contributed by atoms with E-state index in [1.807, 2.05) is 38.1 Å². The molecule has 1 aliphatic heterocycles. The highest BCUT2D eigenvalue weighted by atomic mass is 16.1. The summed E-state index contributed by atoms with van der Waals surface area (Å²) in [7, 11) is 2.18. The van der Waals surface area contributed by atoms with Gasteiger partial charge < -0.3 is 15.5 Å². The molecular weight excluding hydrogens is 262 g/mol. The molecule has 1 fully saturated rings. The Balaban J connectivity index is 1.98. The Kier molecular flexibility index (Phi) is 5.62. The first-order valence-corrected chi connectivity index (χ1v) is 7.90. The average molecular weight is 289 g/mol. The van der Waals surface area contributed by atoms with E-state index >= 15 is 0 Å². The van der Waals surface area contributed by atoms with Gasteiger partial charge in [0.15, 0.2) is 0 Å². The number of anilines is 1. The Labute approximate surface area is 127 Å². The lowest BCUT2D eigenvalue weighted by atomic mass is 10.1. The van der Waals surface area contributed by atoms with Crippen molar-refractivity contribution < 1.29 is 4.79 Å². The fourth-order valence-electron chi connectivity index (χ4n) is 2.72. The molecule has 0 radical (unpaired) electrons. The first kappa shape index (κ1) is 15.8. The maximum absolute atomic E-state index is 12.1. The molecule has 0 aliphatic carbocycles. The van der Waals surface area contributed by atoms with Gasteiger partial charge in [0.25, 0.3) is 5.91 Å². The maximum atomic E-state index is 12.1. The van der Waals surface area contributed by atoms with Gasteiger partial charge in [-0.25, -0.2) is 0 Å². The molecule has 0 spiro atoms. The van der Waals surface area contributed by atoms with Crippen molar-refractivity contribution in [2.75, 3.05) is 25.5 Å². The van der Waals surface area contributed by atoms with Gasteiger partial charge >= 0.3 is 0 Å². The number of hydrogen-bond acceptors (Lipinski definition) is 3. The number of benzene rings is 1. The summed E-state index contributed by atoms with van der Waals surface area (Å²) in [6.45, 7) is 6.25. The number of hydrogen-bond donors (Lipinski definition) is 2. The van der Waals surface area contributed by atoms with E-state index in [1.54, 1.807) is 0 Å². The van der Waals surface area contributed by atoms with E-state index < -0.39 is 0 Å². The van der Waals surface area contributed by atoms with Crippen LogP contribution in [0.2, 0.25) is 0 Å². The third kappa shape index (κ3) is 5.05. The molecule has 4 heteroatoms. The van der Waals surface area contributed by atoms with Gasteiger partial charge in [0, 0.05) is 23.3 Å². The molecule has 1 aliphatic rings. The van der Waals surface area contributed by atoms with Crippen LogP contribution < -0.4 is 10.6 Å². The standard InChI is InChI=1S/C17H27N3O/c1-13(2)18-17(21)14-6-4-7-16(12-14)19-15-8-5-10-20(3)11-9-15/h4,6-7,12-13,15,19H,5,8-11H2,1-3H3,(H,18,21). The quantitative estimate of drug-likeness (QED) is 0.896. The zero-order valence-corrected chi connectivity index (χ0v) is 13.4. The highest BCUT2D eigenvalue weighted by Gasteiger charge is 2.15. The van der Waals surface area contributed by atoms with Crippen molar-refractivity contribution in [3.63, 3.8) is 0 Å². The molecule has 4 nitrogen and oxygen atoms in total. The smallest absolute Gasteiger partial charge is 0.251 e. The van der Waals surface area contributed by atoms with Crippen LogP contribution in [0.4, 0.5) is 5.69 Å². The van der Waals surface area contributed by atoms with Crippen LogP contribution in [0.1, 0.15) is 43.5 Å². The molecule has 0 aromatic heterocycles. The molecule has 21 heavy (non-hydrogen) atoms. The van der Waals surface area contributed by atoms with Crippen LogP contribution in [0.3, 0.4) is 0 Å². The second-order valence-electron chi connectivity index (χ2n) is 6.28. The number of likely N-dealkylation sites (tertiary alicyclic amines) is 1. The molecule has 1 atom stereocenters. The summed E-state index contributed by atoms with van der Waals surface area (Å²) in [5, 5.41) is 6.52. The number of nitrogens with one attached hydrogen (secondary N) is 2. The second-order valence-corrected chi connectivity index (χ2v) is 6.28. The van der Waals surface area contributed by atoms with Gasteiger partial charge in [0.05, 0.1) is 0 Å². The summed E-state index contributed by atoms with van der Waals surface area (Å²) >= 11 is 0. The fourth-order valence-corrected chi connectivity index (χ4v) is 2.72. The van der Waals surface area contributed by atoms with Crippen molar-refractivity contribution in [1.82, 2.24) is 10.2 Å². The number of carbonyl (C=O) groups excluding carboxylic acids is 1. The molecule has 1 aromatic rings. The van der Waals surface area contributed by atoms with E-state index in [2.05, 4.69) is 22.6 Å². The lowest BCUT2D eigenvalue weighted by Gasteiger charge is -2.18. The summed E-state index contributed by atoms with van der Waals surface area (Å²) in [5.74, 6) is -0.00532. The summed E-state index contributed by atoms with van der Waals surface area (Å²) in [5.41, 5.74) is 1.76. The SMILES string of the molecule is CC(C)NC(=O)c1cccc(NC2CCCN(C)CC2)c1. The van der Waals surface area contributed by atoms with Gasteiger partial charge in [-0.05, 0) is 71.4 Å². The Morgan fingerprint density at radius 2 is 2.10 bits per heavy atom. The van der Waals surface area contributed by atoms with Crippen molar-refractivity contribution in [2.45, 2.75) is 45.2 Å². The van der Waals surface area contributed by atoms with Crippen molar-refractivity contribution >= 4 is 11.6 Å². The van der Waals surface area contributed by atoms with Crippen LogP contribution in [0, 0.1) is 0 Å². The van der Waals surface area contributed by atoms with Crippen molar-refractivity contribution in [1.29, 1.82) is 0 Å². The Hall–Kier alpha value is -1.55.